The quantitative estimate of drug-likeness (QED) is 0.543. The van der Waals surface area contributed by atoms with Crippen molar-refractivity contribution in [1.29, 1.82) is 5.41 Å². The number of fused-ring (bicyclic) bond motifs is 1. The SMILES string of the molecule is N=C(N)c1cc2c(OCc3ccc(F)c(Cl)c3)cccc2s1. The molecule has 0 bridgehead atoms. The van der Waals surface area contributed by atoms with E-state index in [0.29, 0.717) is 10.6 Å². The highest BCUT2D eigenvalue weighted by atomic mass is 35.5. The zero-order valence-corrected chi connectivity index (χ0v) is 13.0. The molecule has 3 rings (SSSR count). The number of rotatable bonds is 4. The van der Waals surface area contributed by atoms with Gasteiger partial charge in [0.25, 0.3) is 0 Å². The van der Waals surface area contributed by atoms with Gasteiger partial charge in [-0.2, -0.15) is 0 Å². The fourth-order valence-corrected chi connectivity index (χ4v) is 3.23. The van der Waals surface area contributed by atoms with Gasteiger partial charge in [-0.3, -0.25) is 5.41 Å². The Labute approximate surface area is 135 Å². The third-order valence-corrected chi connectivity index (χ3v) is 4.59. The summed E-state index contributed by atoms with van der Waals surface area (Å²) >= 11 is 7.21. The summed E-state index contributed by atoms with van der Waals surface area (Å²) < 4.78 is 20.0. The molecule has 3 nitrogen and oxygen atoms in total. The molecular weight excluding hydrogens is 323 g/mol. The number of ether oxygens (including phenoxy) is 1. The van der Waals surface area contributed by atoms with E-state index in [1.807, 2.05) is 24.3 Å². The van der Waals surface area contributed by atoms with E-state index in [2.05, 4.69) is 0 Å². The molecule has 0 aliphatic carbocycles. The molecule has 3 N–H and O–H groups in total. The van der Waals surface area contributed by atoms with Crippen LogP contribution in [0.25, 0.3) is 10.1 Å². The molecule has 22 heavy (non-hydrogen) atoms. The van der Waals surface area contributed by atoms with Gasteiger partial charge in [-0.25, -0.2) is 4.39 Å². The van der Waals surface area contributed by atoms with E-state index >= 15 is 0 Å². The molecule has 0 aliphatic rings. The number of amidine groups is 1. The molecule has 0 atom stereocenters. The molecule has 0 aliphatic heterocycles. The van der Waals surface area contributed by atoms with Gasteiger partial charge in [-0.05, 0) is 35.9 Å². The maximum atomic E-state index is 13.1. The monoisotopic (exact) mass is 334 g/mol. The number of thiophene rings is 1. The molecule has 3 aromatic rings. The Hall–Kier alpha value is -2.11. The van der Waals surface area contributed by atoms with Gasteiger partial charge in [0.05, 0.1) is 9.90 Å². The van der Waals surface area contributed by atoms with Crippen molar-refractivity contribution >= 4 is 38.9 Å². The average molecular weight is 335 g/mol. The highest BCUT2D eigenvalue weighted by Gasteiger charge is 2.09. The van der Waals surface area contributed by atoms with Gasteiger partial charge in [-0.1, -0.05) is 23.7 Å². The van der Waals surface area contributed by atoms with E-state index in [4.69, 9.17) is 27.5 Å². The highest BCUT2D eigenvalue weighted by molar-refractivity contribution is 7.20. The third kappa shape index (κ3) is 2.91. The van der Waals surface area contributed by atoms with Crippen LogP contribution in [-0.4, -0.2) is 5.84 Å². The number of nitrogen functional groups attached to an aromatic ring is 1. The van der Waals surface area contributed by atoms with E-state index in [0.717, 1.165) is 15.6 Å². The van der Waals surface area contributed by atoms with E-state index in [9.17, 15) is 4.39 Å². The van der Waals surface area contributed by atoms with E-state index in [1.54, 1.807) is 12.1 Å². The second-order valence-electron chi connectivity index (χ2n) is 4.73. The molecule has 1 heterocycles. The maximum Gasteiger partial charge on any atom is 0.141 e. The summed E-state index contributed by atoms with van der Waals surface area (Å²) in [6.07, 6.45) is 0. The predicted octanol–water partition coefficient (Wildman–Crippen LogP) is 4.56. The number of hydrogen-bond donors (Lipinski definition) is 2. The summed E-state index contributed by atoms with van der Waals surface area (Å²) in [5.74, 6) is 0.288. The van der Waals surface area contributed by atoms with Crippen LogP contribution >= 0.6 is 22.9 Å². The zero-order valence-electron chi connectivity index (χ0n) is 11.4. The lowest BCUT2D eigenvalue weighted by Crippen LogP contribution is -2.08. The normalized spacial score (nSPS) is 10.8. The molecule has 112 valence electrons. The first-order valence-corrected chi connectivity index (χ1v) is 7.68. The van der Waals surface area contributed by atoms with Crippen LogP contribution in [0.4, 0.5) is 4.39 Å². The molecule has 0 fully saturated rings. The second-order valence-corrected chi connectivity index (χ2v) is 6.22. The van der Waals surface area contributed by atoms with Gasteiger partial charge in [0, 0.05) is 10.1 Å². The summed E-state index contributed by atoms with van der Waals surface area (Å²) in [7, 11) is 0. The summed E-state index contributed by atoms with van der Waals surface area (Å²) in [6, 6.07) is 12.0. The Morgan fingerprint density at radius 2 is 2.09 bits per heavy atom. The first-order chi connectivity index (χ1) is 10.5. The van der Waals surface area contributed by atoms with Crippen LogP contribution < -0.4 is 10.5 Å². The minimum absolute atomic E-state index is 0.0393. The average Bonchev–Trinajstić information content (AvgIpc) is 2.93. The van der Waals surface area contributed by atoms with Crippen LogP contribution in [0, 0.1) is 11.2 Å². The summed E-state index contributed by atoms with van der Waals surface area (Å²) in [6.45, 7) is 0.282. The van der Waals surface area contributed by atoms with E-state index in [1.165, 1.54) is 17.4 Å². The molecule has 1 aromatic heterocycles. The van der Waals surface area contributed by atoms with Crippen LogP contribution in [0.5, 0.6) is 5.75 Å². The fourth-order valence-electron chi connectivity index (χ4n) is 2.08. The number of benzene rings is 2. The smallest absolute Gasteiger partial charge is 0.141 e. The van der Waals surface area contributed by atoms with Crippen molar-refractivity contribution < 1.29 is 9.13 Å². The van der Waals surface area contributed by atoms with Gasteiger partial charge in [0.15, 0.2) is 0 Å². The Morgan fingerprint density at radius 1 is 1.27 bits per heavy atom. The molecule has 0 unspecified atom stereocenters. The van der Waals surface area contributed by atoms with Crippen LogP contribution in [0.3, 0.4) is 0 Å². The molecule has 0 amide bonds. The second kappa shape index (κ2) is 5.94. The number of hydrogen-bond acceptors (Lipinski definition) is 3. The molecular formula is C16H12ClFN2OS. The molecule has 0 saturated heterocycles. The Kier molecular flexibility index (Phi) is 4.00. The maximum absolute atomic E-state index is 13.1. The van der Waals surface area contributed by atoms with Crippen molar-refractivity contribution in [2.24, 2.45) is 5.73 Å². The molecule has 0 spiro atoms. The fraction of sp³-hybridized carbons (Fsp3) is 0.0625. The summed E-state index contributed by atoms with van der Waals surface area (Å²) in [5.41, 5.74) is 6.31. The van der Waals surface area contributed by atoms with Crippen molar-refractivity contribution in [3.8, 4) is 5.75 Å². The Bertz CT molecular complexity index is 862. The minimum atomic E-state index is -0.448. The first-order valence-electron chi connectivity index (χ1n) is 6.48. The van der Waals surface area contributed by atoms with Gasteiger partial charge < -0.3 is 10.5 Å². The standard InChI is InChI=1S/C16H12ClFN2OS/c17-11-6-9(4-5-12(11)18)8-21-13-2-1-3-14-10(13)7-15(22-14)16(19)20/h1-7H,8H2,(H3,19,20). The third-order valence-electron chi connectivity index (χ3n) is 3.17. The van der Waals surface area contributed by atoms with Gasteiger partial charge in [0.2, 0.25) is 0 Å². The topological polar surface area (TPSA) is 59.1 Å². The van der Waals surface area contributed by atoms with Gasteiger partial charge in [-0.15, -0.1) is 11.3 Å². The van der Waals surface area contributed by atoms with Crippen LogP contribution in [-0.2, 0) is 6.61 Å². The number of halogens is 2. The van der Waals surface area contributed by atoms with E-state index in [-0.39, 0.29) is 17.5 Å². The summed E-state index contributed by atoms with van der Waals surface area (Å²) in [4.78, 5) is 0.705. The minimum Gasteiger partial charge on any atom is -0.488 e. The van der Waals surface area contributed by atoms with Crippen molar-refractivity contribution in [2.45, 2.75) is 6.61 Å². The van der Waals surface area contributed by atoms with Crippen molar-refractivity contribution in [3.63, 3.8) is 0 Å². The van der Waals surface area contributed by atoms with Crippen molar-refractivity contribution in [3.05, 3.63) is 63.7 Å². The summed E-state index contributed by atoms with van der Waals surface area (Å²) in [5, 5.41) is 8.50. The molecule has 0 radical (unpaired) electrons. The van der Waals surface area contributed by atoms with Gasteiger partial charge >= 0.3 is 0 Å². The Balaban J connectivity index is 1.87. The van der Waals surface area contributed by atoms with Gasteiger partial charge in [0.1, 0.15) is 24.0 Å². The lowest BCUT2D eigenvalue weighted by Gasteiger charge is -2.08. The first kappa shape index (κ1) is 14.8. The van der Waals surface area contributed by atoms with Crippen molar-refractivity contribution in [1.82, 2.24) is 0 Å². The van der Waals surface area contributed by atoms with Crippen LogP contribution in [0.2, 0.25) is 5.02 Å². The lowest BCUT2D eigenvalue weighted by atomic mass is 10.2. The molecule has 2 aromatic carbocycles. The van der Waals surface area contributed by atoms with Crippen LogP contribution in [0.15, 0.2) is 42.5 Å². The van der Waals surface area contributed by atoms with E-state index < -0.39 is 5.82 Å². The zero-order chi connectivity index (χ0) is 15.7. The Morgan fingerprint density at radius 3 is 2.82 bits per heavy atom. The molecule has 6 heteroatoms. The predicted molar refractivity (Wildman–Crippen MR) is 88.6 cm³/mol. The van der Waals surface area contributed by atoms with Crippen molar-refractivity contribution in [2.75, 3.05) is 0 Å². The molecule has 0 saturated carbocycles. The number of nitrogens with two attached hydrogens (primary N) is 1. The van der Waals surface area contributed by atoms with Crippen LogP contribution in [0.1, 0.15) is 10.4 Å². The lowest BCUT2D eigenvalue weighted by molar-refractivity contribution is 0.310. The number of nitrogens with one attached hydrogen (secondary N) is 1. The highest BCUT2D eigenvalue weighted by Crippen LogP contribution is 2.33. The largest absolute Gasteiger partial charge is 0.488 e.